The summed E-state index contributed by atoms with van der Waals surface area (Å²) in [7, 11) is 0. The Hall–Kier alpha value is -2.87. The topological polar surface area (TPSA) is 152 Å². The molecule has 38 heavy (non-hydrogen) atoms. The summed E-state index contributed by atoms with van der Waals surface area (Å²) in [5, 5.41) is 22.4. The molecule has 3 saturated carbocycles. The Morgan fingerprint density at radius 2 is 1.76 bits per heavy atom. The highest BCUT2D eigenvalue weighted by atomic mass is 16.3. The van der Waals surface area contributed by atoms with Gasteiger partial charge >= 0.3 is 0 Å². The summed E-state index contributed by atoms with van der Waals surface area (Å²) in [5.41, 5.74) is 4.53. The van der Waals surface area contributed by atoms with Gasteiger partial charge in [0.25, 0.3) is 0 Å². The third-order valence-corrected chi connectivity index (χ3v) is 9.84. The van der Waals surface area contributed by atoms with Gasteiger partial charge in [-0.1, -0.05) is 52.0 Å². The van der Waals surface area contributed by atoms with E-state index in [4.69, 9.17) is 5.73 Å². The van der Waals surface area contributed by atoms with Crippen molar-refractivity contribution in [2.45, 2.75) is 77.2 Å². The van der Waals surface area contributed by atoms with Crippen LogP contribution < -0.4 is 5.73 Å². The first-order chi connectivity index (χ1) is 18.0. The van der Waals surface area contributed by atoms with Gasteiger partial charge in [0.1, 0.15) is 5.75 Å². The number of aryl methyl sites for hydroxylation is 1. The van der Waals surface area contributed by atoms with Gasteiger partial charge in [0.2, 0.25) is 5.91 Å². The molecule has 6 atom stereocenters. The molecule has 0 radical (unpaired) electrons. The number of fused-ring (bicyclic) bond motifs is 3. The zero-order valence-corrected chi connectivity index (χ0v) is 22.1. The molecule has 2 unspecified atom stereocenters. The molecule has 0 bridgehead atoms. The number of carbonyl (C=O) groups excluding carboxylic acids is 5. The molecule has 0 saturated heterocycles. The third kappa shape index (κ3) is 3.94. The lowest BCUT2D eigenvalue weighted by atomic mass is 9.49. The van der Waals surface area contributed by atoms with Crippen LogP contribution in [0.2, 0.25) is 0 Å². The molecule has 4 N–H and O–H groups in total. The number of phenolic OH excluding ortho intramolecular Hbond substituents is 1. The largest absolute Gasteiger partial charge is 0.507 e. The Morgan fingerprint density at radius 1 is 1.08 bits per heavy atom. The van der Waals surface area contributed by atoms with Crippen molar-refractivity contribution in [2.75, 3.05) is 0 Å². The van der Waals surface area contributed by atoms with Crippen molar-refractivity contribution in [1.82, 2.24) is 0 Å². The van der Waals surface area contributed by atoms with E-state index in [-0.39, 0.29) is 23.7 Å². The van der Waals surface area contributed by atoms with E-state index in [1.54, 1.807) is 13.8 Å². The highest BCUT2D eigenvalue weighted by Crippen LogP contribution is 2.53. The summed E-state index contributed by atoms with van der Waals surface area (Å²) >= 11 is 0. The van der Waals surface area contributed by atoms with Crippen LogP contribution in [0.1, 0.15) is 80.3 Å². The fraction of sp³-hybridized carbons (Fsp3) is 0.633. The highest BCUT2D eigenvalue weighted by Gasteiger charge is 2.69. The minimum absolute atomic E-state index is 0.0917. The predicted molar refractivity (Wildman–Crippen MR) is 137 cm³/mol. The number of carbonyl (C=O) groups is 5. The number of Topliss-reactive ketones (excluding diaryl/α,β-unsaturated/α-hetero) is 4. The Labute approximate surface area is 222 Å². The highest BCUT2D eigenvalue weighted by molar-refractivity contribution is 6.31. The third-order valence-electron chi connectivity index (χ3n) is 9.84. The van der Waals surface area contributed by atoms with Gasteiger partial charge in [0.05, 0.1) is 11.5 Å². The fourth-order valence-corrected chi connectivity index (χ4v) is 7.99. The number of nitrogens with two attached hydrogens (primary N) is 1. The molecule has 1 aromatic carbocycles. The number of aliphatic hydroxyl groups is 1. The van der Waals surface area contributed by atoms with Gasteiger partial charge in [-0.25, -0.2) is 0 Å². The second-order valence-corrected chi connectivity index (χ2v) is 12.3. The van der Waals surface area contributed by atoms with Crippen molar-refractivity contribution < 1.29 is 34.2 Å². The van der Waals surface area contributed by atoms with E-state index in [1.165, 1.54) is 38.2 Å². The standard InChI is InChI=1S/C30H37NO7/c1-14(2)21-19-13-17-12-18-16(9-8-15-6-4-3-5-7-15)10-11-20(32)23(18)26(34)22(17)27(35)30(19,38)28(36)24(25(21)33)29(31)37/h10-11,14-15,17,19,21-22,24,32,38H,3-9,12-13H2,1-2H3,(H2,31,37)/t17-,19-,21-,22?,24?,30-/m0/s1. The SMILES string of the molecule is CC(C)[C@@H]1C(=O)C(C(N)=O)C(=O)[C@@]2(O)C(=O)C3C(=O)c4c(O)ccc(CCC5CCCCC5)c4C[C@H]3C[C@@H]12. The summed E-state index contributed by atoms with van der Waals surface area (Å²) in [6, 6.07) is 3.34. The van der Waals surface area contributed by atoms with Crippen molar-refractivity contribution in [3.63, 3.8) is 0 Å². The first kappa shape index (κ1) is 26.7. The van der Waals surface area contributed by atoms with Crippen LogP contribution in [-0.4, -0.2) is 44.9 Å². The van der Waals surface area contributed by atoms with Crippen molar-refractivity contribution in [3.8, 4) is 5.75 Å². The van der Waals surface area contributed by atoms with Gasteiger partial charge in [0, 0.05) is 11.8 Å². The van der Waals surface area contributed by atoms with Gasteiger partial charge in [-0.2, -0.15) is 0 Å². The first-order valence-electron chi connectivity index (χ1n) is 14.0. The molecular weight excluding hydrogens is 486 g/mol. The predicted octanol–water partition coefficient (Wildman–Crippen LogP) is 2.72. The lowest BCUT2D eigenvalue weighted by Gasteiger charge is -2.52. The lowest BCUT2D eigenvalue weighted by Crippen LogP contribution is -2.71. The second-order valence-electron chi connectivity index (χ2n) is 12.3. The molecule has 0 heterocycles. The molecule has 1 aromatic rings. The Bertz CT molecular complexity index is 1210. The Morgan fingerprint density at radius 3 is 2.39 bits per heavy atom. The van der Waals surface area contributed by atoms with Crippen LogP contribution in [0.25, 0.3) is 0 Å². The summed E-state index contributed by atoms with van der Waals surface area (Å²) < 4.78 is 0. The quantitative estimate of drug-likeness (QED) is 0.502. The maximum atomic E-state index is 13.9. The summed E-state index contributed by atoms with van der Waals surface area (Å²) in [5.74, 6) is -10.3. The molecule has 0 spiro atoms. The molecule has 1 amide bonds. The average molecular weight is 524 g/mol. The van der Waals surface area contributed by atoms with E-state index >= 15 is 0 Å². The molecule has 8 nitrogen and oxygen atoms in total. The smallest absolute Gasteiger partial charge is 0.235 e. The number of primary amides is 1. The lowest BCUT2D eigenvalue weighted by molar-refractivity contribution is -0.182. The van der Waals surface area contributed by atoms with Crippen LogP contribution in [0.15, 0.2) is 12.1 Å². The molecule has 8 heteroatoms. The Balaban J connectivity index is 1.53. The van der Waals surface area contributed by atoms with Crippen LogP contribution in [0.5, 0.6) is 5.75 Å². The number of phenols is 1. The Kier molecular flexibility index (Phi) is 6.83. The molecule has 0 aliphatic heterocycles. The molecule has 0 aromatic heterocycles. The second kappa shape index (κ2) is 9.70. The molecule has 204 valence electrons. The van der Waals surface area contributed by atoms with Crippen molar-refractivity contribution in [2.24, 2.45) is 47.2 Å². The van der Waals surface area contributed by atoms with E-state index < -0.39 is 64.2 Å². The monoisotopic (exact) mass is 523 g/mol. The van der Waals surface area contributed by atoms with Crippen molar-refractivity contribution >= 4 is 29.0 Å². The van der Waals surface area contributed by atoms with Crippen molar-refractivity contribution in [1.29, 1.82) is 0 Å². The number of benzene rings is 1. The van der Waals surface area contributed by atoms with E-state index in [2.05, 4.69) is 0 Å². The molecule has 4 aliphatic rings. The van der Waals surface area contributed by atoms with Crippen LogP contribution >= 0.6 is 0 Å². The summed E-state index contributed by atoms with van der Waals surface area (Å²) in [4.78, 5) is 66.3. The van der Waals surface area contributed by atoms with Gasteiger partial charge in [-0.05, 0) is 60.6 Å². The maximum absolute atomic E-state index is 13.9. The normalized spacial score (nSPS) is 33.6. The average Bonchev–Trinajstić information content (AvgIpc) is 2.86. The number of rotatable bonds is 5. The molecular formula is C30H37NO7. The number of aromatic hydroxyl groups is 1. The van der Waals surface area contributed by atoms with Crippen LogP contribution in [0.4, 0.5) is 0 Å². The number of amides is 1. The number of hydrogen-bond acceptors (Lipinski definition) is 7. The fourth-order valence-electron chi connectivity index (χ4n) is 7.99. The van der Waals surface area contributed by atoms with Gasteiger partial charge < -0.3 is 15.9 Å². The zero-order valence-electron chi connectivity index (χ0n) is 22.1. The summed E-state index contributed by atoms with van der Waals surface area (Å²) in [6.07, 6.45) is 8.35. The zero-order chi connectivity index (χ0) is 27.5. The molecule has 4 aliphatic carbocycles. The van der Waals surface area contributed by atoms with E-state index in [9.17, 15) is 34.2 Å². The van der Waals surface area contributed by atoms with Crippen LogP contribution in [0, 0.1) is 41.4 Å². The molecule has 5 rings (SSSR count). The minimum Gasteiger partial charge on any atom is -0.507 e. The van der Waals surface area contributed by atoms with E-state index in [0.29, 0.717) is 12.3 Å². The van der Waals surface area contributed by atoms with Crippen LogP contribution in [-0.2, 0) is 32.0 Å². The maximum Gasteiger partial charge on any atom is 0.235 e. The van der Waals surface area contributed by atoms with E-state index in [1.807, 2.05) is 6.07 Å². The van der Waals surface area contributed by atoms with Gasteiger partial charge in [-0.15, -0.1) is 0 Å². The first-order valence-corrected chi connectivity index (χ1v) is 14.0. The molecule has 3 fully saturated rings. The minimum atomic E-state index is -2.65. The van der Waals surface area contributed by atoms with Gasteiger partial charge in [-0.3, -0.25) is 24.0 Å². The van der Waals surface area contributed by atoms with Gasteiger partial charge in [0.15, 0.2) is 34.7 Å². The van der Waals surface area contributed by atoms with Crippen molar-refractivity contribution in [3.05, 3.63) is 28.8 Å². The number of ketones is 4. The number of hydrogen-bond donors (Lipinski definition) is 3. The summed E-state index contributed by atoms with van der Waals surface area (Å²) in [6.45, 7) is 3.49. The van der Waals surface area contributed by atoms with E-state index in [0.717, 1.165) is 24.0 Å². The van der Waals surface area contributed by atoms with Crippen LogP contribution in [0.3, 0.4) is 0 Å².